The van der Waals surface area contributed by atoms with Crippen LogP contribution in [0, 0.1) is 11.8 Å². The minimum Gasteiger partial charge on any atom is -0.495 e. The second-order valence-corrected chi connectivity index (χ2v) is 8.76. The number of nitrogens with one attached hydrogen (secondary N) is 3. The van der Waals surface area contributed by atoms with E-state index in [0.717, 1.165) is 36.6 Å². The van der Waals surface area contributed by atoms with Crippen LogP contribution in [0.3, 0.4) is 0 Å². The molecule has 0 radical (unpaired) electrons. The summed E-state index contributed by atoms with van der Waals surface area (Å²) < 4.78 is 22.1. The minimum atomic E-state index is -0.949. The predicted octanol–water partition coefficient (Wildman–Crippen LogP) is 3.65. The molecule has 0 saturated carbocycles. The molecule has 3 aromatic rings. The van der Waals surface area contributed by atoms with Crippen molar-refractivity contribution in [3.05, 3.63) is 60.1 Å². The van der Waals surface area contributed by atoms with Gasteiger partial charge in [-0.3, -0.25) is 9.20 Å². The van der Waals surface area contributed by atoms with E-state index in [9.17, 15) is 9.18 Å². The molecule has 1 aromatic carbocycles. The van der Waals surface area contributed by atoms with Crippen LogP contribution in [-0.2, 0) is 0 Å². The fraction of sp³-hybridized carbons (Fsp3) is 0.357. The molecule has 9 heteroatoms. The van der Waals surface area contributed by atoms with E-state index in [1.165, 1.54) is 0 Å². The van der Waals surface area contributed by atoms with E-state index in [-0.39, 0.29) is 11.9 Å². The summed E-state index contributed by atoms with van der Waals surface area (Å²) in [5.41, 5.74) is 4.06. The summed E-state index contributed by atoms with van der Waals surface area (Å²) in [6.07, 6.45) is 3.41. The Balaban J connectivity index is 1.51. The van der Waals surface area contributed by atoms with Crippen LogP contribution in [0.4, 0.5) is 15.8 Å². The van der Waals surface area contributed by atoms with E-state index < -0.39 is 6.17 Å². The fourth-order valence-corrected chi connectivity index (χ4v) is 4.49. The molecule has 4 rings (SSSR count). The molecule has 2 aromatic heterocycles. The number of hydrogen-bond acceptors (Lipinski definition) is 6. The number of ether oxygens (including phenoxy) is 1. The monoisotopic (exact) mass is 504 g/mol. The molecule has 3 N–H and O–H groups in total. The lowest BCUT2D eigenvalue weighted by atomic mass is 10.0. The highest BCUT2D eigenvalue weighted by Gasteiger charge is 2.29. The summed E-state index contributed by atoms with van der Waals surface area (Å²) in [6.45, 7) is 8.49. The Morgan fingerprint density at radius 3 is 2.89 bits per heavy atom. The third-order valence-electron chi connectivity index (χ3n) is 6.56. The van der Waals surface area contributed by atoms with Crippen molar-refractivity contribution in [2.75, 3.05) is 51.0 Å². The Labute approximate surface area is 216 Å². The van der Waals surface area contributed by atoms with Crippen molar-refractivity contribution in [2.45, 2.75) is 25.6 Å². The van der Waals surface area contributed by atoms with Crippen molar-refractivity contribution in [1.82, 2.24) is 19.6 Å². The molecular weight excluding hydrogens is 471 g/mol. The van der Waals surface area contributed by atoms with Crippen molar-refractivity contribution < 1.29 is 13.9 Å². The predicted molar refractivity (Wildman–Crippen MR) is 146 cm³/mol. The molecule has 8 nitrogen and oxygen atoms in total. The van der Waals surface area contributed by atoms with Gasteiger partial charge in [-0.15, -0.1) is 0 Å². The number of fused-ring (bicyclic) bond motifs is 1. The average Bonchev–Trinajstić information content (AvgIpc) is 3.29. The van der Waals surface area contributed by atoms with E-state index in [0.29, 0.717) is 35.7 Å². The van der Waals surface area contributed by atoms with E-state index in [1.807, 2.05) is 22.7 Å². The van der Waals surface area contributed by atoms with Gasteiger partial charge in [-0.2, -0.15) is 0 Å². The van der Waals surface area contributed by atoms with Gasteiger partial charge in [-0.1, -0.05) is 19.4 Å². The molecule has 1 aliphatic rings. The number of carbonyl (C=O) groups is 1. The first-order valence-electron chi connectivity index (χ1n) is 12.4. The molecular formula is C28H33FN6O2. The van der Waals surface area contributed by atoms with Crippen LogP contribution in [0.5, 0.6) is 5.75 Å². The molecule has 0 unspecified atom stereocenters. The standard InChI is InChI=1S/C28H33FN6O2/c1-5-25-22(9-7-14-31-23-12-11-19(28(36)30-3)17-26(23)37-4)33-27-24(10-8-15-35(25)27)32-21-13-16-34(6-2)18-20(21)29/h5,8,10-12,15,17,20-21,31-32H,1,6,13-14,16,18H2,2-4H3,(H,30,36)/t20-,21+/m0/s1. The molecule has 1 fully saturated rings. The summed E-state index contributed by atoms with van der Waals surface area (Å²) >= 11 is 0. The second-order valence-electron chi connectivity index (χ2n) is 8.76. The van der Waals surface area contributed by atoms with E-state index in [2.05, 4.69) is 46.2 Å². The molecule has 1 aliphatic heterocycles. The van der Waals surface area contributed by atoms with Gasteiger partial charge in [0.1, 0.15) is 17.6 Å². The second kappa shape index (κ2) is 11.8. The van der Waals surface area contributed by atoms with Gasteiger partial charge in [0.15, 0.2) is 5.65 Å². The quantitative estimate of drug-likeness (QED) is 0.406. The summed E-state index contributed by atoms with van der Waals surface area (Å²) in [4.78, 5) is 18.7. The van der Waals surface area contributed by atoms with Gasteiger partial charge in [-0.25, -0.2) is 9.37 Å². The SMILES string of the molecule is C=Cc1c(C#CCNc2ccc(C(=O)NC)cc2OC)nc2c(N[C@@H]3CCN(CC)C[C@@H]3F)cccn12. The molecule has 0 aliphatic carbocycles. The number of nitrogens with zero attached hydrogens (tertiary/aromatic N) is 3. The Bertz CT molecular complexity index is 1340. The lowest BCUT2D eigenvalue weighted by Gasteiger charge is -2.34. The average molecular weight is 505 g/mol. The zero-order valence-electron chi connectivity index (χ0n) is 21.5. The van der Waals surface area contributed by atoms with Gasteiger partial charge in [0.25, 0.3) is 5.91 Å². The summed E-state index contributed by atoms with van der Waals surface area (Å²) in [6, 6.07) is 8.74. The number of hydrogen-bond donors (Lipinski definition) is 3. The van der Waals surface area contributed by atoms with Crippen molar-refractivity contribution >= 4 is 29.0 Å². The number of halogens is 1. The highest BCUT2D eigenvalue weighted by molar-refractivity contribution is 5.95. The van der Waals surface area contributed by atoms with E-state index >= 15 is 0 Å². The van der Waals surface area contributed by atoms with E-state index in [4.69, 9.17) is 9.72 Å². The zero-order valence-corrected chi connectivity index (χ0v) is 21.5. The number of alkyl halides is 1. The highest BCUT2D eigenvalue weighted by atomic mass is 19.1. The third kappa shape index (κ3) is 5.70. The summed E-state index contributed by atoms with van der Waals surface area (Å²) in [7, 11) is 3.14. The molecule has 0 bridgehead atoms. The van der Waals surface area contributed by atoms with Crippen LogP contribution >= 0.6 is 0 Å². The van der Waals surface area contributed by atoms with Gasteiger partial charge in [-0.05, 0) is 55.3 Å². The normalized spacial score (nSPS) is 17.5. The lowest BCUT2D eigenvalue weighted by Crippen LogP contribution is -2.47. The number of anilines is 2. The Hall–Kier alpha value is -4.03. The molecule has 0 spiro atoms. The zero-order chi connectivity index (χ0) is 26.4. The van der Waals surface area contributed by atoms with Crippen molar-refractivity contribution in [2.24, 2.45) is 0 Å². The lowest BCUT2D eigenvalue weighted by molar-refractivity contribution is 0.0962. The molecule has 1 saturated heterocycles. The maximum absolute atomic E-state index is 14.8. The van der Waals surface area contributed by atoms with Crippen LogP contribution in [-0.4, -0.2) is 72.7 Å². The van der Waals surface area contributed by atoms with Gasteiger partial charge in [0.2, 0.25) is 0 Å². The largest absolute Gasteiger partial charge is 0.495 e. The summed E-state index contributed by atoms with van der Waals surface area (Å²) in [5.74, 6) is 6.59. The van der Waals surface area contributed by atoms with Gasteiger partial charge in [0, 0.05) is 31.9 Å². The number of carbonyl (C=O) groups excluding carboxylic acids is 1. The number of likely N-dealkylation sites (tertiary alicyclic amines) is 1. The van der Waals surface area contributed by atoms with Crippen molar-refractivity contribution in [3.8, 4) is 17.6 Å². The number of methoxy groups -OCH3 is 1. The maximum atomic E-state index is 14.8. The Kier molecular flexibility index (Phi) is 8.31. The number of rotatable bonds is 8. The number of aromatic nitrogens is 2. The van der Waals surface area contributed by atoms with Gasteiger partial charge in [0.05, 0.1) is 36.8 Å². The van der Waals surface area contributed by atoms with Crippen molar-refractivity contribution in [1.29, 1.82) is 0 Å². The van der Waals surface area contributed by atoms with Crippen LogP contribution < -0.4 is 20.7 Å². The number of piperidine rings is 1. The number of pyridine rings is 1. The molecule has 194 valence electrons. The number of imidazole rings is 1. The Morgan fingerprint density at radius 1 is 1.35 bits per heavy atom. The first kappa shape index (κ1) is 26.0. The van der Waals surface area contributed by atoms with Crippen LogP contribution in [0.25, 0.3) is 11.7 Å². The van der Waals surface area contributed by atoms with Crippen LogP contribution in [0.1, 0.15) is 35.1 Å². The molecule has 3 heterocycles. The smallest absolute Gasteiger partial charge is 0.251 e. The molecule has 37 heavy (non-hydrogen) atoms. The number of amides is 1. The molecule has 2 atom stereocenters. The molecule has 1 amide bonds. The van der Waals surface area contributed by atoms with Crippen LogP contribution in [0.2, 0.25) is 0 Å². The van der Waals surface area contributed by atoms with Crippen LogP contribution in [0.15, 0.2) is 43.1 Å². The summed E-state index contributed by atoms with van der Waals surface area (Å²) in [5, 5.41) is 9.20. The van der Waals surface area contributed by atoms with E-state index in [1.54, 1.807) is 38.4 Å². The number of benzene rings is 1. The Morgan fingerprint density at radius 2 is 2.19 bits per heavy atom. The first-order chi connectivity index (χ1) is 18.0. The van der Waals surface area contributed by atoms with Gasteiger partial charge < -0.3 is 25.6 Å². The van der Waals surface area contributed by atoms with Gasteiger partial charge >= 0.3 is 0 Å². The minimum absolute atomic E-state index is 0.184. The maximum Gasteiger partial charge on any atom is 0.251 e. The third-order valence-corrected chi connectivity index (χ3v) is 6.56. The highest BCUT2D eigenvalue weighted by Crippen LogP contribution is 2.26. The first-order valence-corrected chi connectivity index (χ1v) is 12.4. The van der Waals surface area contributed by atoms with Crippen molar-refractivity contribution in [3.63, 3.8) is 0 Å². The fourth-order valence-electron chi connectivity index (χ4n) is 4.49. The topological polar surface area (TPSA) is 82.9 Å².